The fourth-order valence-electron chi connectivity index (χ4n) is 0.963. The predicted octanol–water partition coefficient (Wildman–Crippen LogP) is 5.37. The van der Waals surface area contributed by atoms with E-state index >= 15 is 0 Å². The van der Waals surface area contributed by atoms with Gasteiger partial charge in [0.1, 0.15) is 0 Å². The van der Waals surface area contributed by atoms with Crippen LogP contribution in [-0.2, 0) is 0 Å². The molecule has 13 heteroatoms. The quantitative estimate of drug-likeness (QED) is 0.410. The van der Waals surface area contributed by atoms with Crippen molar-refractivity contribution in [3.05, 3.63) is 6.42 Å². The summed E-state index contributed by atoms with van der Waals surface area (Å²) in [4.78, 5) is -6.06. The molecule has 0 fully saturated rings. The van der Waals surface area contributed by atoms with Gasteiger partial charge < -0.3 is 0 Å². The third-order valence-corrected chi connectivity index (χ3v) is 2.82. The van der Waals surface area contributed by atoms with E-state index in [-0.39, 0.29) is 6.92 Å². The fourth-order valence-corrected chi connectivity index (χ4v) is 1.21. The third kappa shape index (κ3) is 2.69. The van der Waals surface area contributed by atoms with Gasteiger partial charge in [0, 0.05) is 6.42 Å². The molecule has 0 rings (SSSR count). The van der Waals surface area contributed by atoms with Gasteiger partial charge in [-0.25, -0.2) is 0 Å². The maximum absolute atomic E-state index is 12.9. The molecule has 0 bridgehead atoms. The highest BCUT2D eigenvalue weighted by molar-refractivity contribution is 9.10. The molecule has 0 amide bonds. The smallest absolute Gasteiger partial charge is 0.199 e. The van der Waals surface area contributed by atoms with Crippen molar-refractivity contribution >= 4 is 15.9 Å². The first-order valence-corrected chi connectivity index (χ1v) is 5.37. The Morgan fingerprint density at radius 3 is 1.10 bits per heavy atom. The van der Waals surface area contributed by atoms with Crippen molar-refractivity contribution in [2.75, 3.05) is 0 Å². The number of halogens is 13. The fraction of sp³-hybridized carbons (Fsp3) is 0.875. The number of hydrogen-bond donors (Lipinski definition) is 0. The maximum atomic E-state index is 12.9. The van der Waals surface area contributed by atoms with Crippen molar-refractivity contribution in [1.82, 2.24) is 0 Å². The minimum Gasteiger partial charge on any atom is -0.199 e. The highest BCUT2D eigenvalue weighted by atomic mass is 79.9. The summed E-state index contributed by atoms with van der Waals surface area (Å²) >= 11 is 0.626. The zero-order chi connectivity index (χ0) is 17.7. The van der Waals surface area contributed by atoms with Gasteiger partial charge in [-0.3, -0.25) is 0 Å². The molecule has 0 aromatic rings. The van der Waals surface area contributed by atoms with Crippen LogP contribution in [0.25, 0.3) is 0 Å². The van der Waals surface area contributed by atoms with Crippen molar-refractivity contribution in [2.24, 2.45) is 0 Å². The highest BCUT2D eigenvalue weighted by Gasteiger charge is 2.89. The zero-order valence-electron chi connectivity index (χ0n) is 9.49. The van der Waals surface area contributed by atoms with E-state index in [2.05, 4.69) is 0 Å². The topological polar surface area (TPSA) is 0 Å². The van der Waals surface area contributed by atoms with Gasteiger partial charge in [-0.2, -0.15) is 52.7 Å². The Balaban J connectivity index is 6.14. The Hall–Kier alpha value is -0.360. The van der Waals surface area contributed by atoms with Gasteiger partial charge in [0.15, 0.2) is 0 Å². The lowest BCUT2D eigenvalue weighted by Crippen LogP contribution is -2.69. The van der Waals surface area contributed by atoms with Gasteiger partial charge in [0.2, 0.25) is 0 Å². The molecule has 0 atom stereocenters. The van der Waals surface area contributed by atoms with Crippen LogP contribution in [0.3, 0.4) is 0 Å². The van der Waals surface area contributed by atoms with E-state index in [4.69, 9.17) is 0 Å². The molecular formula is C8H4BrF12. The van der Waals surface area contributed by atoms with Crippen LogP contribution in [-0.4, -0.2) is 34.4 Å². The molecule has 0 aliphatic heterocycles. The summed E-state index contributed by atoms with van der Waals surface area (Å²) in [6.07, 6.45) is -0.957. The van der Waals surface area contributed by atoms with Gasteiger partial charge >= 0.3 is 34.4 Å². The van der Waals surface area contributed by atoms with E-state index in [0.717, 1.165) is 0 Å². The van der Waals surface area contributed by atoms with Crippen LogP contribution in [0.4, 0.5) is 52.7 Å². The molecule has 0 N–H and O–H groups in total. The average Bonchev–Trinajstić information content (AvgIpc) is 2.26. The van der Waals surface area contributed by atoms with Gasteiger partial charge in [-0.15, -0.1) is 0 Å². The molecule has 0 unspecified atom stereocenters. The number of hydrogen-bond acceptors (Lipinski definition) is 0. The van der Waals surface area contributed by atoms with Gasteiger partial charge in [0.05, 0.1) is 0 Å². The van der Waals surface area contributed by atoms with E-state index in [1.165, 1.54) is 0 Å². The molecule has 0 saturated heterocycles. The second-order valence-corrected chi connectivity index (χ2v) is 4.70. The molecule has 0 aliphatic carbocycles. The van der Waals surface area contributed by atoms with Crippen molar-refractivity contribution in [3.63, 3.8) is 0 Å². The van der Waals surface area contributed by atoms with Gasteiger partial charge in [-0.05, 0) is 15.9 Å². The lowest BCUT2D eigenvalue weighted by Gasteiger charge is -2.40. The maximum Gasteiger partial charge on any atom is 0.388 e. The molecular weight excluding hydrogens is 404 g/mol. The van der Waals surface area contributed by atoms with Gasteiger partial charge in [0.25, 0.3) is 0 Å². The first kappa shape index (κ1) is 20.6. The highest BCUT2D eigenvalue weighted by Crippen LogP contribution is 2.61. The summed E-state index contributed by atoms with van der Waals surface area (Å²) in [5.74, 6) is -35.1. The summed E-state index contributed by atoms with van der Waals surface area (Å²) < 4.78 is 152. The molecule has 0 aliphatic rings. The Morgan fingerprint density at radius 1 is 0.571 bits per heavy atom. The van der Waals surface area contributed by atoms with Crippen LogP contribution in [0.15, 0.2) is 0 Å². The van der Waals surface area contributed by atoms with Crippen molar-refractivity contribution < 1.29 is 52.7 Å². The number of rotatable bonds is 6. The van der Waals surface area contributed by atoms with Crippen LogP contribution >= 0.6 is 15.9 Å². The summed E-state index contributed by atoms with van der Waals surface area (Å²) in [6.45, 7) is 0.0549. The minimum absolute atomic E-state index is 0.0549. The average molecular weight is 408 g/mol. The lowest BCUT2D eigenvalue weighted by atomic mass is 9.93. The second-order valence-electron chi connectivity index (χ2n) is 3.71. The Morgan fingerprint density at radius 2 is 0.857 bits per heavy atom. The van der Waals surface area contributed by atoms with Crippen LogP contribution in [0.2, 0.25) is 0 Å². The summed E-state index contributed by atoms with van der Waals surface area (Å²) in [6, 6.07) is 0. The van der Waals surface area contributed by atoms with Crippen molar-refractivity contribution in [3.8, 4) is 0 Å². The Bertz CT molecular complexity index is 381. The molecule has 0 spiro atoms. The normalized spacial score (nSPS) is 16.3. The summed E-state index contributed by atoms with van der Waals surface area (Å²) in [5.41, 5.74) is 0. The lowest BCUT2D eigenvalue weighted by molar-refractivity contribution is -0.411. The summed E-state index contributed by atoms with van der Waals surface area (Å²) in [7, 11) is 0. The third-order valence-electron chi connectivity index (χ3n) is 2.32. The van der Waals surface area contributed by atoms with E-state index < -0.39 is 40.9 Å². The molecule has 0 heterocycles. The van der Waals surface area contributed by atoms with Gasteiger partial charge in [-0.1, -0.05) is 6.92 Å². The largest absolute Gasteiger partial charge is 0.388 e. The van der Waals surface area contributed by atoms with E-state index in [0.29, 0.717) is 15.9 Å². The SMILES string of the molecule is C[CH]C(F)(F)C(F)(F)C(F)(F)C(F)(F)C(F)(F)C(F)(F)Br. The molecule has 0 aromatic carbocycles. The van der Waals surface area contributed by atoms with Crippen LogP contribution in [0.1, 0.15) is 6.92 Å². The van der Waals surface area contributed by atoms with Crippen LogP contribution in [0, 0.1) is 6.42 Å². The molecule has 127 valence electrons. The summed E-state index contributed by atoms with van der Waals surface area (Å²) in [5, 5.41) is 0. The standard InChI is InChI=1S/C8H4BrF12/c1-2-3(10,11)4(12,13)5(14,15)6(16,17)7(18,19)8(9,20)21/h2H,1H3. The zero-order valence-corrected chi connectivity index (χ0v) is 11.1. The molecule has 21 heavy (non-hydrogen) atoms. The Labute approximate surface area is 117 Å². The number of alkyl halides is 13. The first-order chi connectivity index (χ1) is 8.81. The van der Waals surface area contributed by atoms with Crippen LogP contribution < -0.4 is 0 Å². The molecule has 0 nitrogen and oxygen atoms in total. The van der Waals surface area contributed by atoms with E-state index in [1.807, 2.05) is 0 Å². The minimum atomic E-state index is -7.50. The second kappa shape index (κ2) is 5.08. The Kier molecular flexibility index (Phi) is 5.00. The molecule has 1 radical (unpaired) electrons. The van der Waals surface area contributed by atoms with E-state index in [9.17, 15) is 52.7 Å². The monoisotopic (exact) mass is 407 g/mol. The van der Waals surface area contributed by atoms with E-state index in [1.54, 1.807) is 0 Å². The van der Waals surface area contributed by atoms with Crippen molar-refractivity contribution in [2.45, 2.75) is 41.4 Å². The van der Waals surface area contributed by atoms with Crippen molar-refractivity contribution in [1.29, 1.82) is 0 Å². The first-order valence-electron chi connectivity index (χ1n) is 4.57. The van der Waals surface area contributed by atoms with Crippen LogP contribution in [0.5, 0.6) is 0 Å². The molecule has 0 saturated carbocycles. The predicted molar refractivity (Wildman–Crippen MR) is 48.6 cm³/mol. The molecule has 0 aromatic heterocycles.